The fourth-order valence-corrected chi connectivity index (χ4v) is 1.98. The van der Waals surface area contributed by atoms with Crippen LogP contribution in [0, 0.1) is 10.1 Å². The summed E-state index contributed by atoms with van der Waals surface area (Å²) in [7, 11) is 1.49. The van der Waals surface area contributed by atoms with Gasteiger partial charge in [0.05, 0.1) is 11.1 Å². The standard InChI is InChI=1S/C13H11N5O5/c1-17-6-9(18(20)21)12(16-17)13(19)15-14-5-8-2-3-10-11(4-8)23-7-22-10/h2-6H,7H2,1H3,(H,15,19)/b14-5+. The molecule has 0 aliphatic carbocycles. The van der Waals surface area contributed by atoms with E-state index in [1.54, 1.807) is 18.2 Å². The predicted octanol–water partition coefficient (Wildman–Crippen LogP) is 0.821. The minimum atomic E-state index is -0.769. The van der Waals surface area contributed by atoms with Gasteiger partial charge in [-0.05, 0) is 23.8 Å². The lowest BCUT2D eigenvalue weighted by atomic mass is 10.2. The first-order valence-electron chi connectivity index (χ1n) is 6.45. The number of aromatic nitrogens is 2. The van der Waals surface area contributed by atoms with E-state index in [0.717, 1.165) is 6.20 Å². The Balaban J connectivity index is 1.70. The van der Waals surface area contributed by atoms with Gasteiger partial charge in [-0.3, -0.25) is 19.6 Å². The third-order valence-corrected chi connectivity index (χ3v) is 3.00. The largest absolute Gasteiger partial charge is 0.454 e. The van der Waals surface area contributed by atoms with Crippen LogP contribution in [0.1, 0.15) is 16.1 Å². The number of amides is 1. The van der Waals surface area contributed by atoms with E-state index in [9.17, 15) is 14.9 Å². The molecular weight excluding hydrogens is 306 g/mol. The molecule has 2 heterocycles. The van der Waals surface area contributed by atoms with Gasteiger partial charge < -0.3 is 9.47 Å². The highest BCUT2D eigenvalue weighted by molar-refractivity contribution is 5.96. The molecular formula is C13H11N5O5. The van der Waals surface area contributed by atoms with Crippen molar-refractivity contribution in [1.82, 2.24) is 15.2 Å². The van der Waals surface area contributed by atoms with Gasteiger partial charge in [0.2, 0.25) is 12.5 Å². The molecule has 1 N–H and O–H groups in total. The molecule has 1 amide bonds. The van der Waals surface area contributed by atoms with E-state index >= 15 is 0 Å². The van der Waals surface area contributed by atoms with Gasteiger partial charge in [-0.2, -0.15) is 10.2 Å². The zero-order chi connectivity index (χ0) is 16.4. The Morgan fingerprint density at radius 1 is 1.48 bits per heavy atom. The molecule has 10 heteroatoms. The quantitative estimate of drug-likeness (QED) is 0.506. The molecule has 1 aromatic heterocycles. The molecule has 0 saturated carbocycles. The molecule has 10 nitrogen and oxygen atoms in total. The van der Waals surface area contributed by atoms with Gasteiger partial charge >= 0.3 is 5.69 Å². The monoisotopic (exact) mass is 317 g/mol. The number of rotatable bonds is 4. The molecule has 23 heavy (non-hydrogen) atoms. The van der Waals surface area contributed by atoms with Crippen molar-refractivity contribution in [2.75, 3.05) is 6.79 Å². The lowest BCUT2D eigenvalue weighted by molar-refractivity contribution is -0.385. The van der Waals surface area contributed by atoms with E-state index in [-0.39, 0.29) is 18.2 Å². The van der Waals surface area contributed by atoms with E-state index in [1.807, 2.05) is 0 Å². The summed E-state index contributed by atoms with van der Waals surface area (Å²) >= 11 is 0. The van der Waals surface area contributed by atoms with Crippen LogP contribution in [0.2, 0.25) is 0 Å². The maximum absolute atomic E-state index is 11.9. The Hall–Kier alpha value is -3.43. The zero-order valence-corrected chi connectivity index (χ0v) is 11.9. The van der Waals surface area contributed by atoms with Crippen molar-refractivity contribution in [3.8, 4) is 11.5 Å². The molecule has 118 valence electrons. The number of hydrazone groups is 1. The van der Waals surface area contributed by atoms with Crippen molar-refractivity contribution in [1.29, 1.82) is 0 Å². The number of nitrogens with zero attached hydrogens (tertiary/aromatic N) is 4. The number of nitrogens with one attached hydrogen (secondary N) is 1. The van der Waals surface area contributed by atoms with Gasteiger partial charge in [0.25, 0.3) is 5.91 Å². The number of carbonyl (C=O) groups is 1. The topological polar surface area (TPSA) is 121 Å². The predicted molar refractivity (Wildman–Crippen MR) is 77.5 cm³/mol. The minimum Gasteiger partial charge on any atom is -0.454 e. The summed E-state index contributed by atoms with van der Waals surface area (Å²) in [4.78, 5) is 22.1. The average molecular weight is 317 g/mol. The summed E-state index contributed by atoms with van der Waals surface area (Å²) in [5.41, 5.74) is 2.18. The molecule has 1 aromatic carbocycles. The third kappa shape index (κ3) is 2.95. The lowest BCUT2D eigenvalue weighted by Crippen LogP contribution is -2.19. The highest BCUT2D eigenvalue weighted by Crippen LogP contribution is 2.31. The van der Waals surface area contributed by atoms with Crippen LogP contribution in [-0.4, -0.2) is 33.6 Å². The number of ether oxygens (including phenoxy) is 2. The van der Waals surface area contributed by atoms with Gasteiger partial charge in [-0.15, -0.1) is 0 Å². The molecule has 3 rings (SSSR count). The van der Waals surface area contributed by atoms with Gasteiger partial charge in [-0.1, -0.05) is 0 Å². The van der Waals surface area contributed by atoms with Crippen LogP contribution in [0.3, 0.4) is 0 Å². The Kier molecular flexibility index (Phi) is 3.63. The molecule has 2 aromatic rings. The summed E-state index contributed by atoms with van der Waals surface area (Å²) in [5, 5.41) is 18.4. The molecule has 0 saturated heterocycles. The second kappa shape index (κ2) is 5.75. The van der Waals surface area contributed by atoms with Gasteiger partial charge in [-0.25, -0.2) is 5.43 Å². The van der Waals surface area contributed by atoms with Crippen LogP contribution in [0.5, 0.6) is 11.5 Å². The van der Waals surface area contributed by atoms with Crippen LogP contribution >= 0.6 is 0 Å². The number of nitro groups is 1. The van der Waals surface area contributed by atoms with E-state index in [0.29, 0.717) is 17.1 Å². The minimum absolute atomic E-state index is 0.163. The van der Waals surface area contributed by atoms with Gasteiger partial charge in [0, 0.05) is 7.05 Å². The zero-order valence-electron chi connectivity index (χ0n) is 11.9. The normalized spacial score (nSPS) is 12.6. The van der Waals surface area contributed by atoms with Crippen molar-refractivity contribution in [2.24, 2.45) is 12.1 Å². The maximum Gasteiger partial charge on any atom is 0.320 e. The second-order valence-electron chi connectivity index (χ2n) is 4.61. The fourth-order valence-electron chi connectivity index (χ4n) is 1.98. The van der Waals surface area contributed by atoms with Crippen molar-refractivity contribution >= 4 is 17.8 Å². The van der Waals surface area contributed by atoms with Crippen LogP contribution < -0.4 is 14.9 Å². The van der Waals surface area contributed by atoms with Crippen LogP contribution in [0.15, 0.2) is 29.5 Å². The van der Waals surface area contributed by atoms with Crippen LogP contribution in [0.25, 0.3) is 0 Å². The molecule has 0 spiro atoms. The highest BCUT2D eigenvalue weighted by Gasteiger charge is 2.24. The van der Waals surface area contributed by atoms with E-state index < -0.39 is 10.8 Å². The lowest BCUT2D eigenvalue weighted by Gasteiger charge is -1.98. The maximum atomic E-state index is 11.9. The molecule has 0 unspecified atom stereocenters. The molecule has 1 aliphatic rings. The first-order chi connectivity index (χ1) is 11.0. The van der Waals surface area contributed by atoms with Crippen molar-refractivity contribution in [2.45, 2.75) is 0 Å². The Bertz CT molecular complexity index is 813. The summed E-state index contributed by atoms with van der Waals surface area (Å²) in [6.45, 7) is 0.163. The first-order valence-corrected chi connectivity index (χ1v) is 6.45. The van der Waals surface area contributed by atoms with Crippen LogP contribution in [-0.2, 0) is 7.05 Å². The number of benzene rings is 1. The van der Waals surface area contributed by atoms with E-state index in [1.165, 1.54) is 17.9 Å². The summed E-state index contributed by atoms with van der Waals surface area (Å²) < 4.78 is 11.6. The molecule has 0 radical (unpaired) electrons. The van der Waals surface area contributed by atoms with Crippen molar-refractivity contribution in [3.63, 3.8) is 0 Å². The van der Waals surface area contributed by atoms with E-state index in [4.69, 9.17) is 9.47 Å². The smallest absolute Gasteiger partial charge is 0.320 e. The van der Waals surface area contributed by atoms with Crippen molar-refractivity contribution in [3.05, 3.63) is 45.8 Å². The van der Waals surface area contributed by atoms with Crippen LogP contribution in [0.4, 0.5) is 5.69 Å². The van der Waals surface area contributed by atoms with Crippen molar-refractivity contribution < 1.29 is 19.2 Å². The summed E-state index contributed by atoms with van der Waals surface area (Å²) in [6.07, 6.45) is 2.53. The van der Waals surface area contributed by atoms with Gasteiger partial charge in [0.15, 0.2) is 11.5 Å². The van der Waals surface area contributed by atoms with Gasteiger partial charge in [0.1, 0.15) is 6.20 Å². The molecule has 0 atom stereocenters. The summed E-state index contributed by atoms with van der Waals surface area (Å²) in [5.74, 6) is 0.449. The number of hydrogen-bond acceptors (Lipinski definition) is 7. The second-order valence-corrected chi connectivity index (χ2v) is 4.61. The molecule has 1 aliphatic heterocycles. The number of hydrogen-bond donors (Lipinski definition) is 1. The van der Waals surface area contributed by atoms with E-state index in [2.05, 4.69) is 15.6 Å². The third-order valence-electron chi connectivity index (χ3n) is 3.00. The average Bonchev–Trinajstić information content (AvgIpc) is 3.12. The Labute approximate surface area is 129 Å². The Morgan fingerprint density at radius 3 is 3.04 bits per heavy atom. The summed E-state index contributed by atoms with van der Waals surface area (Å²) in [6, 6.07) is 5.14. The molecule has 0 fully saturated rings. The first kappa shape index (κ1) is 14.5. The molecule has 0 bridgehead atoms. The number of fused-ring (bicyclic) bond motifs is 1. The number of carbonyl (C=O) groups excluding carboxylic acids is 1. The fraction of sp³-hybridized carbons (Fsp3) is 0.154. The Morgan fingerprint density at radius 2 is 2.26 bits per heavy atom. The SMILES string of the molecule is Cn1cc([N+](=O)[O-])c(C(=O)N/N=C/c2ccc3c(c2)OCO3)n1. The number of aryl methyl sites for hydroxylation is 1. The highest BCUT2D eigenvalue weighted by atomic mass is 16.7.